The van der Waals surface area contributed by atoms with Crippen molar-refractivity contribution in [2.45, 2.75) is 0 Å². The van der Waals surface area contributed by atoms with Gasteiger partial charge < -0.3 is 0 Å². The van der Waals surface area contributed by atoms with E-state index in [0.29, 0.717) is 0 Å². The molecule has 0 aliphatic rings. The van der Waals surface area contributed by atoms with Gasteiger partial charge in [0.2, 0.25) is 0 Å². The summed E-state index contributed by atoms with van der Waals surface area (Å²) in [6, 6.07) is 86.3. The maximum absolute atomic E-state index is 2.38. The Morgan fingerprint density at radius 2 is 0.344 bits per heavy atom. The lowest BCUT2D eigenvalue weighted by Crippen LogP contribution is -1.85. The molecule has 14 aromatic rings. The molecule has 64 heavy (non-hydrogen) atoms. The first-order chi connectivity index (χ1) is 31.7. The fourth-order valence-corrected chi connectivity index (χ4v) is 10.8. The Bertz CT molecular complexity index is 4020. The Kier molecular flexibility index (Phi) is 7.49. The van der Waals surface area contributed by atoms with Crippen LogP contribution in [0.15, 0.2) is 231 Å². The number of hydrogen-bond acceptors (Lipinski definition) is 0. The van der Waals surface area contributed by atoms with Crippen molar-refractivity contribution in [1.82, 2.24) is 0 Å². The summed E-state index contributed by atoms with van der Waals surface area (Å²) in [6.07, 6.45) is 0. The third-order valence-electron chi connectivity index (χ3n) is 14.2. The van der Waals surface area contributed by atoms with Crippen LogP contribution >= 0.6 is 0 Å². The van der Waals surface area contributed by atoms with E-state index in [1.807, 2.05) is 0 Å². The fraction of sp³-hybridized carbons (Fsp3) is 0. The highest BCUT2D eigenvalue weighted by Gasteiger charge is 2.12. The molecule has 0 saturated carbocycles. The van der Waals surface area contributed by atoms with Gasteiger partial charge in [-0.25, -0.2) is 0 Å². The summed E-state index contributed by atoms with van der Waals surface area (Å²) < 4.78 is 0. The van der Waals surface area contributed by atoms with Crippen LogP contribution in [0, 0.1) is 0 Å². The first kappa shape index (κ1) is 35.3. The van der Waals surface area contributed by atoms with Gasteiger partial charge in [0.15, 0.2) is 0 Å². The van der Waals surface area contributed by atoms with Crippen molar-refractivity contribution in [3.8, 4) is 33.4 Å². The maximum Gasteiger partial charge on any atom is -0.00987 e. The average molecular weight is 807 g/mol. The van der Waals surface area contributed by atoms with Gasteiger partial charge in [-0.3, -0.25) is 0 Å². The van der Waals surface area contributed by atoms with Crippen molar-refractivity contribution >= 4 is 108 Å². The van der Waals surface area contributed by atoms with Crippen LogP contribution in [0.3, 0.4) is 0 Å². The Hall–Kier alpha value is -8.32. The van der Waals surface area contributed by atoms with Crippen LogP contribution in [0.1, 0.15) is 0 Å². The second-order valence-electron chi connectivity index (χ2n) is 17.6. The van der Waals surface area contributed by atoms with Gasteiger partial charge in [-0.15, -0.1) is 0 Å². The SMILES string of the molecule is c1ccc2c(c1)ccc1c2ccc2c3cc(-c4ccc5cc(-c6ccc7cc(-c8ccc9ccc%10c(ccc%11c%12ccccc%12ccc%11%10)c9c8)ccc7c6)ccc5c4)ccc3ccc21. The van der Waals surface area contributed by atoms with Crippen LogP contribution in [0.2, 0.25) is 0 Å². The first-order valence-electron chi connectivity index (χ1n) is 22.3. The third-order valence-corrected chi connectivity index (χ3v) is 14.2. The van der Waals surface area contributed by atoms with E-state index in [1.165, 1.54) is 141 Å². The summed E-state index contributed by atoms with van der Waals surface area (Å²) in [5, 5.41) is 25.7. The highest BCUT2D eigenvalue weighted by Crippen LogP contribution is 2.39. The fourth-order valence-electron chi connectivity index (χ4n) is 10.8. The zero-order valence-electron chi connectivity index (χ0n) is 34.9. The van der Waals surface area contributed by atoms with Gasteiger partial charge in [0, 0.05) is 0 Å². The van der Waals surface area contributed by atoms with Crippen molar-refractivity contribution < 1.29 is 0 Å². The molecular weight excluding hydrogens is 769 g/mol. The molecule has 294 valence electrons. The molecule has 0 saturated heterocycles. The van der Waals surface area contributed by atoms with Crippen LogP contribution in [-0.2, 0) is 0 Å². The summed E-state index contributed by atoms with van der Waals surface area (Å²) in [5.41, 5.74) is 7.38. The van der Waals surface area contributed by atoms with Gasteiger partial charge >= 0.3 is 0 Å². The zero-order chi connectivity index (χ0) is 41.9. The van der Waals surface area contributed by atoms with Gasteiger partial charge in [0.05, 0.1) is 0 Å². The molecule has 0 aliphatic heterocycles. The standard InChI is InChI=1S/C64H38/c1-3-7-53-39(5-1)21-25-57-55(53)29-31-61-59(57)27-23-41-9-11-51(37-63(41)61)49-19-17-45-33-43(13-15-47(45)35-49)44-14-16-48-36-50(20-18-46(48)34-44)52-12-10-42-24-28-60-58-26-22-40-6-2-4-8-54(40)56(58)30-32-62(60)64(42)38-52/h1-38H. The normalized spacial score (nSPS) is 12.1. The van der Waals surface area contributed by atoms with E-state index in [2.05, 4.69) is 231 Å². The number of benzene rings is 14. The van der Waals surface area contributed by atoms with Gasteiger partial charge in [0.1, 0.15) is 0 Å². The molecular formula is C64H38. The van der Waals surface area contributed by atoms with Gasteiger partial charge in [0.25, 0.3) is 0 Å². The van der Waals surface area contributed by atoms with E-state index in [4.69, 9.17) is 0 Å². The second-order valence-corrected chi connectivity index (χ2v) is 17.6. The molecule has 0 N–H and O–H groups in total. The average Bonchev–Trinajstić information content (AvgIpc) is 3.37. The minimum Gasteiger partial charge on any atom is -0.0616 e. The van der Waals surface area contributed by atoms with Gasteiger partial charge in [-0.05, 0) is 178 Å². The predicted octanol–water partition coefficient (Wildman–Crippen LogP) is 18.2. The van der Waals surface area contributed by atoms with Crippen LogP contribution in [-0.4, -0.2) is 0 Å². The van der Waals surface area contributed by atoms with Crippen molar-refractivity contribution in [3.63, 3.8) is 0 Å². The molecule has 0 atom stereocenters. The van der Waals surface area contributed by atoms with Crippen molar-refractivity contribution in [2.75, 3.05) is 0 Å². The minimum absolute atomic E-state index is 1.23. The van der Waals surface area contributed by atoms with E-state index in [1.54, 1.807) is 0 Å². The molecule has 0 heteroatoms. The van der Waals surface area contributed by atoms with Crippen LogP contribution in [0.4, 0.5) is 0 Å². The van der Waals surface area contributed by atoms with E-state index in [-0.39, 0.29) is 0 Å². The van der Waals surface area contributed by atoms with E-state index < -0.39 is 0 Å². The second kappa shape index (κ2) is 13.6. The summed E-state index contributed by atoms with van der Waals surface area (Å²) in [5.74, 6) is 0. The van der Waals surface area contributed by atoms with E-state index >= 15 is 0 Å². The van der Waals surface area contributed by atoms with Gasteiger partial charge in [-0.2, -0.15) is 0 Å². The Morgan fingerprint density at radius 1 is 0.125 bits per heavy atom. The lowest BCUT2D eigenvalue weighted by Gasteiger charge is -2.12. The quantitative estimate of drug-likeness (QED) is 0.156. The zero-order valence-corrected chi connectivity index (χ0v) is 34.9. The first-order valence-corrected chi connectivity index (χ1v) is 22.3. The number of hydrogen-bond donors (Lipinski definition) is 0. The Morgan fingerprint density at radius 3 is 0.688 bits per heavy atom. The van der Waals surface area contributed by atoms with Crippen molar-refractivity contribution in [2.24, 2.45) is 0 Å². The largest absolute Gasteiger partial charge is 0.0616 e. The topological polar surface area (TPSA) is 0 Å². The number of rotatable bonds is 3. The van der Waals surface area contributed by atoms with Gasteiger partial charge in [-0.1, -0.05) is 194 Å². The summed E-state index contributed by atoms with van der Waals surface area (Å²) in [6.45, 7) is 0. The summed E-state index contributed by atoms with van der Waals surface area (Å²) in [7, 11) is 0. The van der Waals surface area contributed by atoms with Crippen LogP contribution in [0.25, 0.3) is 141 Å². The molecule has 0 aromatic heterocycles. The lowest BCUT2D eigenvalue weighted by molar-refractivity contribution is 1.65. The molecule has 0 amide bonds. The Balaban J connectivity index is 0.778. The molecule has 0 heterocycles. The van der Waals surface area contributed by atoms with E-state index in [9.17, 15) is 0 Å². The molecule has 0 fully saturated rings. The maximum atomic E-state index is 2.38. The molecule has 14 rings (SSSR count). The highest BCUT2D eigenvalue weighted by atomic mass is 14.2. The molecule has 0 aliphatic carbocycles. The molecule has 0 bridgehead atoms. The molecule has 0 unspecified atom stereocenters. The van der Waals surface area contributed by atoms with Crippen LogP contribution in [0.5, 0.6) is 0 Å². The van der Waals surface area contributed by atoms with Crippen molar-refractivity contribution in [1.29, 1.82) is 0 Å². The van der Waals surface area contributed by atoms with Crippen LogP contribution < -0.4 is 0 Å². The Labute approximate surface area is 369 Å². The van der Waals surface area contributed by atoms with Crippen molar-refractivity contribution in [3.05, 3.63) is 231 Å². The predicted molar refractivity (Wildman–Crippen MR) is 278 cm³/mol. The molecule has 0 nitrogen and oxygen atoms in total. The molecule has 14 aromatic carbocycles. The summed E-state index contributed by atoms with van der Waals surface area (Å²) >= 11 is 0. The highest BCUT2D eigenvalue weighted by molar-refractivity contribution is 6.24. The minimum atomic E-state index is 1.23. The lowest BCUT2D eigenvalue weighted by atomic mass is 9.92. The summed E-state index contributed by atoms with van der Waals surface area (Å²) in [4.78, 5) is 0. The number of fused-ring (bicyclic) bond motifs is 16. The van der Waals surface area contributed by atoms with E-state index in [0.717, 1.165) is 0 Å². The molecule has 0 radical (unpaired) electrons. The third kappa shape index (κ3) is 5.43. The monoisotopic (exact) mass is 806 g/mol. The smallest absolute Gasteiger partial charge is 0.00987 e. The molecule has 0 spiro atoms.